The summed E-state index contributed by atoms with van der Waals surface area (Å²) in [5.41, 5.74) is 0.0896. The molecule has 1 amide bonds. The molecule has 0 spiro atoms. The van der Waals surface area contributed by atoms with Gasteiger partial charge >= 0.3 is 5.97 Å². The number of carboxylic acid groups (broad SMARTS) is 1. The van der Waals surface area contributed by atoms with Gasteiger partial charge in [-0.05, 0) is 6.07 Å². The summed E-state index contributed by atoms with van der Waals surface area (Å²) in [6.07, 6.45) is 2.12. The van der Waals surface area contributed by atoms with Crippen LogP contribution in [0.1, 0.15) is 0 Å². The number of non-ortho nitro benzene ring substituents is 1. The highest BCUT2D eigenvalue weighted by Gasteiger charge is 2.53. The first-order valence-corrected chi connectivity index (χ1v) is 6.59. The number of nitro groups is 1. The van der Waals surface area contributed by atoms with Crippen LogP contribution in [0, 0.1) is 22.0 Å². The third-order valence-electron chi connectivity index (χ3n) is 3.81. The second-order valence-corrected chi connectivity index (χ2v) is 5.14. The van der Waals surface area contributed by atoms with E-state index in [-0.39, 0.29) is 11.4 Å². The quantitative estimate of drug-likeness (QED) is 0.490. The van der Waals surface area contributed by atoms with E-state index in [4.69, 9.17) is 4.74 Å². The van der Waals surface area contributed by atoms with Crippen LogP contribution in [0.5, 0.6) is 0 Å². The van der Waals surface area contributed by atoms with Gasteiger partial charge in [0.2, 0.25) is 5.91 Å². The average Bonchev–Trinajstić information content (AvgIpc) is 3.07. The molecule has 2 bridgehead atoms. The largest absolute Gasteiger partial charge is 0.481 e. The molecule has 0 radical (unpaired) electrons. The van der Waals surface area contributed by atoms with Crippen molar-refractivity contribution >= 4 is 23.3 Å². The number of hydrogen-bond donors (Lipinski definition) is 2. The maximum atomic E-state index is 12.3. The molecule has 0 aromatic heterocycles. The van der Waals surface area contributed by atoms with Gasteiger partial charge in [-0.25, -0.2) is 0 Å². The van der Waals surface area contributed by atoms with Gasteiger partial charge in [-0.15, -0.1) is 0 Å². The molecule has 114 valence electrons. The van der Waals surface area contributed by atoms with Gasteiger partial charge in [-0.3, -0.25) is 19.7 Å². The number of fused-ring (bicyclic) bond motifs is 2. The Morgan fingerprint density at radius 1 is 1.23 bits per heavy atom. The second kappa shape index (κ2) is 5.23. The summed E-state index contributed by atoms with van der Waals surface area (Å²) < 4.78 is 5.42. The molecule has 22 heavy (non-hydrogen) atoms. The van der Waals surface area contributed by atoms with Crippen molar-refractivity contribution in [1.29, 1.82) is 0 Å². The molecule has 0 unspecified atom stereocenters. The fourth-order valence-electron chi connectivity index (χ4n) is 2.84. The maximum absolute atomic E-state index is 12.3. The van der Waals surface area contributed by atoms with Crippen molar-refractivity contribution in [2.75, 3.05) is 5.32 Å². The number of nitro benzene ring substituents is 1. The highest BCUT2D eigenvalue weighted by atomic mass is 16.6. The molecule has 1 aromatic rings. The molecular formula is C14H12N2O6. The first kappa shape index (κ1) is 14.2. The van der Waals surface area contributed by atoms with Gasteiger partial charge in [0.05, 0.1) is 23.0 Å². The Bertz CT molecular complexity index is 686. The van der Waals surface area contributed by atoms with Crippen molar-refractivity contribution in [3.05, 3.63) is 46.5 Å². The highest BCUT2D eigenvalue weighted by Crippen LogP contribution is 2.39. The van der Waals surface area contributed by atoms with Crippen molar-refractivity contribution < 1.29 is 24.4 Å². The number of ether oxygens (including phenoxy) is 1. The first-order chi connectivity index (χ1) is 10.5. The van der Waals surface area contributed by atoms with Gasteiger partial charge < -0.3 is 15.2 Å². The molecular weight excluding hydrogens is 292 g/mol. The number of amides is 1. The SMILES string of the molecule is O=C(O)[C@@H]1[C@H](C(=O)Nc2cccc([N+](=O)[O-])c2)[C@@H]2C=C[C@@H]1O2. The lowest BCUT2D eigenvalue weighted by molar-refractivity contribution is -0.384. The Balaban J connectivity index is 1.80. The van der Waals surface area contributed by atoms with Crippen molar-refractivity contribution in [2.24, 2.45) is 11.8 Å². The zero-order valence-corrected chi connectivity index (χ0v) is 11.2. The van der Waals surface area contributed by atoms with E-state index in [9.17, 15) is 24.8 Å². The molecule has 1 saturated heterocycles. The maximum Gasteiger partial charge on any atom is 0.310 e. The highest BCUT2D eigenvalue weighted by molar-refractivity contribution is 5.96. The lowest BCUT2D eigenvalue weighted by atomic mass is 9.82. The normalized spacial score (nSPS) is 28.5. The number of anilines is 1. The van der Waals surface area contributed by atoms with Gasteiger partial charge in [-0.1, -0.05) is 18.2 Å². The van der Waals surface area contributed by atoms with E-state index in [0.717, 1.165) is 0 Å². The van der Waals surface area contributed by atoms with Crippen LogP contribution in [-0.4, -0.2) is 34.1 Å². The van der Waals surface area contributed by atoms with Gasteiger partial charge in [0.25, 0.3) is 5.69 Å². The average molecular weight is 304 g/mol. The number of carbonyl (C=O) groups is 2. The van der Waals surface area contributed by atoms with Gasteiger partial charge in [0.1, 0.15) is 5.92 Å². The Morgan fingerprint density at radius 2 is 1.91 bits per heavy atom. The van der Waals surface area contributed by atoms with E-state index >= 15 is 0 Å². The number of rotatable bonds is 4. The summed E-state index contributed by atoms with van der Waals surface area (Å²) >= 11 is 0. The molecule has 2 N–H and O–H groups in total. The number of carbonyl (C=O) groups excluding carboxylic acids is 1. The minimum atomic E-state index is -1.10. The number of benzene rings is 1. The van der Waals surface area contributed by atoms with E-state index < -0.39 is 40.8 Å². The fraction of sp³-hybridized carbons (Fsp3) is 0.286. The van der Waals surface area contributed by atoms with Crippen molar-refractivity contribution in [3.63, 3.8) is 0 Å². The zero-order valence-electron chi connectivity index (χ0n) is 11.2. The number of nitrogens with one attached hydrogen (secondary N) is 1. The van der Waals surface area contributed by atoms with Crippen LogP contribution in [0.2, 0.25) is 0 Å². The molecule has 2 heterocycles. The third kappa shape index (κ3) is 2.33. The molecule has 0 aliphatic carbocycles. The molecule has 0 saturated carbocycles. The van der Waals surface area contributed by atoms with Crippen LogP contribution < -0.4 is 5.32 Å². The molecule has 2 aliphatic heterocycles. The summed E-state index contributed by atoms with van der Waals surface area (Å²) in [5, 5.41) is 22.5. The fourth-order valence-corrected chi connectivity index (χ4v) is 2.84. The Hall–Kier alpha value is -2.74. The molecule has 3 rings (SSSR count). The smallest absolute Gasteiger partial charge is 0.310 e. The number of nitrogens with zero attached hydrogens (tertiary/aromatic N) is 1. The summed E-state index contributed by atoms with van der Waals surface area (Å²) in [4.78, 5) is 33.8. The number of carboxylic acids is 1. The van der Waals surface area contributed by atoms with Gasteiger partial charge in [-0.2, -0.15) is 0 Å². The molecule has 8 heteroatoms. The molecule has 2 aliphatic rings. The standard InChI is InChI=1S/C14H12N2O6/c17-13(15-7-2-1-3-8(6-7)16(20)21)11-9-4-5-10(22-9)12(11)14(18)19/h1-6,9-12H,(H,15,17)(H,18,19)/t9-,10-,11+,12-/m0/s1. The summed E-state index contributed by atoms with van der Waals surface area (Å²) in [6, 6.07) is 5.47. The van der Waals surface area contributed by atoms with E-state index in [1.807, 2.05) is 0 Å². The topological polar surface area (TPSA) is 119 Å². The van der Waals surface area contributed by atoms with E-state index in [2.05, 4.69) is 5.32 Å². The van der Waals surface area contributed by atoms with Crippen LogP contribution in [0.25, 0.3) is 0 Å². The van der Waals surface area contributed by atoms with Crippen molar-refractivity contribution in [1.82, 2.24) is 0 Å². The zero-order chi connectivity index (χ0) is 15.9. The Kier molecular flexibility index (Phi) is 3.38. The summed E-state index contributed by atoms with van der Waals surface area (Å²) in [7, 11) is 0. The predicted molar refractivity (Wildman–Crippen MR) is 74.1 cm³/mol. The van der Waals surface area contributed by atoms with Crippen LogP contribution >= 0.6 is 0 Å². The molecule has 8 nitrogen and oxygen atoms in total. The Labute approximate surface area is 124 Å². The minimum Gasteiger partial charge on any atom is -0.481 e. The van der Waals surface area contributed by atoms with Crippen molar-refractivity contribution in [2.45, 2.75) is 12.2 Å². The van der Waals surface area contributed by atoms with Gasteiger partial charge in [0, 0.05) is 17.8 Å². The number of hydrogen-bond acceptors (Lipinski definition) is 5. The molecule has 1 aromatic carbocycles. The summed E-state index contributed by atoms with van der Waals surface area (Å²) in [5.74, 6) is -3.43. The molecule has 1 fully saturated rings. The monoisotopic (exact) mass is 304 g/mol. The first-order valence-electron chi connectivity index (χ1n) is 6.59. The van der Waals surface area contributed by atoms with Gasteiger partial charge in [0.15, 0.2) is 0 Å². The predicted octanol–water partition coefficient (Wildman–Crippen LogP) is 1.19. The van der Waals surface area contributed by atoms with E-state index in [1.165, 1.54) is 24.3 Å². The Morgan fingerprint density at radius 3 is 2.55 bits per heavy atom. The van der Waals surface area contributed by atoms with Crippen LogP contribution in [0.4, 0.5) is 11.4 Å². The van der Waals surface area contributed by atoms with E-state index in [0.29, 0.717) is 0 Å². The lowest BCUT2D eigenvalue weighted by Crippen LogP contribution is -2.39. The number of aliphatic carboxylic acids is 1. The van der Waals surface area contributed by atoms with E-state index in [1.54, 1.807) is 12.2 Å². The molecule has 4 atom stereocenters. The minimum absolute atomic E-state index is 0.156. The van der Waals surface area contributed by atoms with Crippen LogP contribution in [-0.2, 0) is 14.3 Å². The third-order valence-corrected chi connectivity index (χ3v) is 3.81. The van der Waals surface area contributed by atoms with Crippen molar-refractivity contribution in [3.8, 4) is 0 Å². The second-order valence-electron chi connectivity index (χ2n) is 5.14. The van der Waals surface area contributed by atoms with Crippen LogP contribution in [0.15, 0.2) is 36.4 Å². The lowest BCUT2D eigenvalue weighted by Gasteiger charge is -2.20. The van der Waals surface area contributed by atoms with Crippen LogP contribution in [0.3, 0.4) is 0 Å². The summed E-state index contributed by atoms with van der Waals surface area (Å²) in [6.45, 7) is 0.